The monoisotopic (exact) mass is 363 g/mol. The molecule has 0 bridgehead atoms. The van der Waals surface area contributed by atoms with Crippen LogP contribution in [0.4, 0.5) is 11.4 Å². The van der Waals surface area contributed by atoms with Crippen molar-refractivity contribution >= 4 is 40.9 Å². The predicted octanol–water partition coefficient (Wildman–Crippen LogP) is 1.48. The molecule has 134 valence electrons. The molecule has 0 radical (unpaired) electrons. The van der Waals surface area contributed by atoms with Gasteiger partial charge in [0.25, 0.3) is 17.7 Å². The van der Waals surface area contributed by atoms with Gasteiger partial charge in [0.2, 0.25) is 11.8 Å². The number of amides is 5. The molecular weight excluding hydrogens is 350 g/mol. The number of nitrogens with one attached hydrogen (secondary N) is 2. The summed E-state index contributed by atoms with van der Waals surface area (Å²) in [7, 11) is 0. The van der Waals surface area contributed by atoms with Crippen molar-refractivity contribution in [3.8, 4) is 0 Å². The lowest BCUT2D eigenvalue weighted by atomic mass is 10.1. The summed E-state index contributed by atoms with van der Waals surface area (Å²) < 4.78 is 0. The van der Waals surface area contributed by atoms with Gasteiger partial charge in [0.05, 0.1) is 16.8 Å². The van der Waals surface area contributed by atoms with Gasteiger partial charge in [-0.15, -0.1) is 0 Å². The van der Waals surface area contributed by atoms with E-state index in [-0.39, 0.29) is 35.8 Å². The largest absolute Gasteiger partial charge is 0.322 e. The lowest BCUT2D eigenvalue weighted by molar-refractivity contribution is -0.121. The predicted molar refractivity (Wildman–Crippen MR) is 94.4 cm³/mol. The lowest BCUT2D eigenvalue weighted by Crippen LogP contribution is -2.28. The Balaban J connectivity index is 1.52. The number of fused-ring (bicyclic) bond motifs is 1. The molecule has 2 aromatic rings. The summed E-state index contributed by atoms with van der Waals surface area (Å²) in [6.45, 7) is 0. The van der Waals surface area contributed by atoms with Gasteiger partial charge in [-0.1, -0.05) is 0 Å². The van der Waals surface area contributed by atoms with Crippen molar-refractivity contribution in [3.05, 3.63) is 59.2 Å². The molecule has 0 unspecified atom stereocenters. The number of carbonyl (C=O) groups excluding carboxylic acids is 5. The Hall–Kier alpha value is -3.81. The molecule has 4 rings (SSSR count). The van der Waals surface area contributed by atoms with E-state index in [0.29, 0.717) is 16.9 Å². The van der Waals surface area contributed by atoms with E-state index < -0.39 is 17.7 Å². The smallest absolute Gasteiger partial charge is 0.259 e. The minimum absolute atomic E-state index is 0.190. The van der Waals surface area contributed by atoms with Crippen molar-refractivity contribution in [2.45, 2.75) is 12.8 Å². The van der Waals surface area contributed by atoms with Gasteiger partial charge in [-0.25, -0.2) is 0 Å². The molecule has 0 aromatic heterocycles. The van der Waals surface area contributed by atoms with Crippen LogP contribution in [-0.4, -0.2) is 29.5 Å². The van der Waals surface area contributed by atoms with Crippen LogP contribution in [0.15, 0.2) is 42.5 Å². The van der Waals surface area contributed by atoms with E-state index in [1.54, 1.807) is 0 Å². The first-order valence-corrected chi connectivity index (χ1v) is 8.21. The first-order valence-electron chi connectivity index (χ1n) is 8.21. The first kappa shape index (κ1) is 16.6. The van der Waals surface area contributed by atoms with Gasteiger partial charge in [0.15, 0.2) is 0 Å². The van der Waals surface area contributed by atoms with Crippen molar-refractivity contribution in [3.63, 3.8) is 0 Å². The molecule has 1 fully saturated rings. The number of anilines is 2. The van der Waals surface area contributed by atoms with Gasteiger partial charge in [0.1, 0.15) is 0 Å². The van der Waals surface area contributed by atoms with Crippen LogP contribution in [0.2, 0.25) is 0 Å². The van der Waals surface area contributed by atoms with E-state index in [4.69, 9.17) is 0 Å². The summed E-state index contributed by atoms with van der Waals surface area (Å²) in [6, 6.07) is 10.5. The van der Waals surface area contributed by atoms with Gasteiger partial charge in [0, 0.05) is 24.1 Å². The second-order valence-corrected chi connectivity index (χ2v) is 6.17. The second kappa shape index (κ2) is 6.17. The molecule has 8 heteroatoms. The molecule has 0 spiro atoms. The van der Waals surface area contributed by atoms with Crippen LogP contribution in [0, 0.1) is 0 Å². The molecule has 0 saturated carbocycles. The van der Waals surface area contributed by atoms with Crippen LogP contribution in [0.25, 0.3) is 0 Å². The van der Waals surface area contributed by atoms with Crippen LogP contribution in [-0.2, 0) is 9.59 Å². The maximum atomic E-state index is 12.4. The van der Waals surface area contributed by atoms with Crippen molar-refractivity contribution in [1.29, 1.82) is 0 Å². The summed E-state index contributed by atoms with van der Waals surface area (Å²) in [4.78, 5) is 60.3. The van der Waals surface area contributed by atoms with E-state index >= 15 is 0 Å². The Morgan fingerprint density at radius 3 is 2.15 bits per heavy atom. The molecule has 1 saturated heterocycles. The summed E-state index contributed by atoms with van der Waals surface area (Å²) in [6.07, 6.45) is 0.380. The third-order valence-corrected chi connectivity index (χ3v) is 4.43. The van der Waals surface area contributed by atoms with Crippen LogP contribution >= 0.6 is 0 Å². The molecule has 2 N–H and O–H groups in total. The normalized spacial score (nSPS) is 15.8. The van der Waals surface area contributed by atoms with Gasteiger partial charge in [-0.2, -0.15) is 0 Å². The van der Waals surface area contributed by atoms with Gasteiger partial charge >= 0.3 is 0 Å². The molecular formula is C19H13N3O5. The number of carbonyl (C=O) groups is 5. The average molecular weight is 363 g/mol. The molecule has 0 aliphatic carbocycles. The highest BCUT2D eigenvalue weighted by atomic mass is 16.2. The molecule has 8 nitrogen and oxygen atoms in total. The third-order valence-electron chi connectivity index (χ3n) is 4.43. The topological polar surface area (TPSA) is 113 Å². The van der Waals surface area contributed by atoms with E-state index in [9.17, 15) is 24.0 Å². The molecule has 27 heavy (non-hydrogen) atoms. The van der Waals surface area contributed by atoms with E-state index in [1.165, 1.54) is 42.5 Å². The van der Waals surface area contributed by atoms with Crippen LogP contribution < -0.4 is 15.5 Å². The number of nitrogens with zero attached hydrogens (tertiary/aromatic N) is 1. The first-order chi connectivity index (χ1) is 12.9. The fraction of sp³-hybridized carbons (Fsp3) is 0.105. The molecule has 2 aliphatic heterocycles. The molecule has 2 heterocycles. The van der Waals surface area contributed by atoms with Gasteiger partial charge in [-0.05, 0) is 42.5 Å². The van der Waals surface area contributed by atoms with Crippen molar-refractivity contribution in [1.82, 2.24) is 5.32 Å². The zero-order chi connectivity index (χ0) is 19.1. The van der Waals surface area contributed by atoms with Gasteiger partial charge in [-0.3, -0.25) is 34.2 Å². The van der Waals surface area contributed by atoms with E-state index in [0.717, 1.165) is 4.90 Å². The SMILES string of the molecule is O=C(Nc1ccc2c(c1)C(=O)NC2=O)c1ccc(N2C(=O)CCC2=O)cc1. The highest BCUT2D eigenvalue weighted by Gasteiger charge is 2.30. The Bertz CT molecular complexity index is 1010. The number of imide groups is 2. The van der Waals surface area contributed by atoms with Crippen molar-refractivity contribution in [2.24, 2.45) is 0 Å². The minimum atomic E-state index is -0.504. The summed E-state index contributed by atoms with van der Waals surface area (Å²) in [5, 5.41) is 4.84. The van der Waals surface area contributed by atoms with Crippen molar-refractivity contribution in [2.75, 3.05) is 10.2 Å². The maximum absolute atomic E-state index is 12.4. The number of hydrogen-bond acceptors (Lipinski definition) is 5. The van der Waals surface area contributed by atoms with Gasteiger partial charge < -0.3 is 5.32 Å². The van der Waals surface area contributed by atoms with E-state index in [2.05, 4.69) is 10.6 Å². The molecule has 2 aromatic carbocycles. The zero-order valence-electron chi connectivity index (χ0n) is 13.9. The van der Waals surface area contributed by atoms with Crippen LogP contribution in [0.3, 0.4) is 0 Å². The number of hydrogen-bond donors (Lipinski definition) is 2. The Kier molecular flexibility index (Phi) is 3.80. The molecule has 2 aliphatic rings. The quantitative estimate of drug-likeness (QED) is 0.802. The fourth-order valence-corrected chi connectivity index (χ4v) is 3.08. The maximum Gasteiger partial charge on any atom is 0.259 e. The third kappa shape index (κ3) is 2.86. The molecule has 0 atom stereocenters. The lowest BCUT2D eigenvalue weighted by Gasteiger charge is -2.14. The highest BCUT2D eigenvalue weighted by molar-refractivity contribution is 6.22. The zero-order valence-corrected chi connectivity index (χ0v) is 13.9. The Morgan fingerprint density at radius 2 is 1.48 bits per heavy atom. The van der Waals surface area contributed by atoms with Crippen molar-refractivity contribution < 1.29 is 24.0 Å². The Morgan fingerprint density at radius 1 is 0.852 bits per heavy atom. The summed E-state index contributed by atoms with van der Waals surface area (Å²) >= 11 is 0. The average Bonchev–Trinajstić information content (AvgIpc) is 3.13. The fourth-order valence-electron chi connectivity index (χ4n) is 3.08. The number of rotatable bonds is 3. The minimum Gasteiger partial charge on any atom is -0.322 e. The molecule has 5 amide bonds. The second-order valence-electron chi connectivity index (χ2n) is 6.17. The van der Waals surface area contributed by atoms with Crippen LogP contribution in [0.5, 0.6) is 0 Å². The Labute approximate surface area is 153 Å². The van der Waals surface area contributed by atoms with Crippen LogP contribution in [0.1, 0.15) is 43.9 Å². The summed E-state index contributed by atoms with van der Waals surface area (Å²) in [5.74, 6) is -1.92. The standard InChI is InChI=1S/C19H13N3O5/c23-15-7-8-16(24)22(15)12-4-1-10(2-5-12)17(25)20-11-3-6-13-14(9-11)19(27)21-18(13)26/h1-6,9H,7-8H2,(H,20,25)(H,21,26,27). The summed E-state index contributed by atoms with van der Waals surface area (Å²) in [5.41, 5.74) is 1.59. The number of benzene rings is 2. The van der Waals surface area contributed by atoms with E-state index in [1.807, 2.05) is 0 Å². The highest BCUT2D eigenvalue weighted by Crippen LogP contribution is 2.24.